The maximum absolute atomic E-state index is 14.2. The molecular formula is C28H24FN5O3. The van der Waals surface area contributed by atoms with Crippen molar-refractivity contribution >= 4 is 17.9 Å². The van der Waals surface area contributed by atoms with Crippen LogP contribution in [0.1, 0.15) is 29.8 Å². The number of halogens is 1. The summed E-state index contributed by atoms with van der Waals surface area (Å²) in [4.78, 5) is 33.5. The van der Waals surface area contributed by atoms with Crippen LogP contribution in [0.3, 0.4) is 0 Å². The fourth-order valence-electron chi connectivity index (χ4n) is 4.89. The molecule has 2 aliphatic heterocycles. The monoisotopic (exact) mass is 497 g/mol. The average molecular weight is 498 g/mol. The molecule has 2 aromatic heterocycles. The molecule has 2 unspecified atom stereocenters. The lowest BCUT2D eigenvalue weighted by Gasteiger charge is -2.23. The molecule has 6 rings (SSSR count). The molecule has 1 N–H and O–H groups in total. The summed E-state index contributed by atoms with van der Waals surface area (Å²) >= 11 is 0. The SMILES string of the molecule is Cc1cc(F)cc(-n2cc(C3OC(C)C(=O)N3CCc3ccc4c(c3)=NC(=O)C=4)c(-c3cc[nH]c3)n2)c1. The molecule has 2 aliphatic rings. The van der Waals surface area contributed by atoms with E-state index in [-0.39, 0.29) is 17.6 Å². The Hall–Kier alpha value is -4.37. The number of ether oxygens (including phenoxy) is 1. The maximum Gasteiger partial charge on any atom is 0.270 e. The molecule has 0 aliphatic carbocycles. The summed E-state index contributed by atoms with van der Waals surface area (Å²) in [5, 5.41) is 6.22. The van der Waals surface area contributed by atoms with E-state index in [4.69, 9.17) is 9.84 Å². The maximum atomic E-state index is 14.2. The number of rotatable bonds is 6. The third-order valence-corrected chi connectivity index (χ3v) is 6.66. The van der Waals surface area contributed by atoms with Crippen LogP contribution in [0.15, 0.2) is 66.0 Å². The third kappa shape index (κ3) is 4.27. The molecule has 37 heavy (non-hydrogen) atoms. The smallest absolute Gasteiger partial charge is 0.270 e. The minimum Gasteiger partial charge on any atom is -0.367 e. The van der Waals surface area contributed by atoms with Crippen molar-refractivity contribution in [3.8, 4) is 16.9 Å². The second kappa shape index (κ2) is 8.94. The van der Waals surface area contributed by atoms with E-state index in [2.05, 4.69) is 9.98 Å². The number of aryl methyl sites for hydroxylation is 1. The molecule has 2 atom stereocenters. The van der Waals surface area contributed by atoms with Crippen LogP contribution < -0.4 is 10.6 Å². The number of nitrogens with one attached hydrogen (secondary N) is 1. The van der Waals surface area contributed by atoms with Gasteiger partial charge in [0.1, 0.15) is 17.6 Å². The van der Waals surface area contributed by atoms with E-state index in [1.165, 1.54) is 18.2 Å². The topological polar surface area (TPSA) is 92.6 Å². The van der Waals surface area contributed by atoms with Crippen molar-refractivity contribution in [3.63, 3.8) is 0 Å². The van der Waals surface area contributed by atoms with Gasteiger partial charge in [0.15, 0.2) is 6.23 Å². The summed E-state index contributed by atoms with van der Waals surface area (Å²) in [6.07, 6.45) is 6.21. The normalized spacial score (nSPS) is 18.7. The third-order valence-electron chi connectivity index (χ3n) is 6.66. The number of fused-ring (bicyclic) bond motifs is 1. The highest BCUT2D eigenvalue weighted by atomic mass is 19.1. The van der Waals surface area contributed by atoms with E-state index in [9.17, 15) is 14.0 Å². The second-order valence-electron chi connectivity index (χ2n) is 9.36. The van der Waals surface area contributed by atoms with Crippen LogP contribution in [-0.4, -0.2) is 44.1 Å². The second-order valence-corrected chi connectivity index (χ2v) is 9.36. The van der Waals surface area contributed by atoms with Crippen molar-refractivity contribution in [2.75, 3.05) is 6.54 Å². The van der Waals surface area contributed by atoms with Crippen molar-refractivity contribution < 1.29 is 18.7 Å². The number of benzene rings is 2. The molecule has 0 spiro atoms. The van der Waals surface area contributed by atoms with Crippen molar-refractivity contribution in [2.45, 2.75) is 32.6 Å². The summed E-state index contributed by atoms with van der Waals surface area (Å²) in [6, 6.07) is 12.3. The fourth-order valence-corrected chi connectivity index (χ4v) is 4.89. The highest BCUT2D eigenvalue weighted by Gasteiger charge is 2.40. The summed E-state index contributed by atoms with van der Waals surface area (Å²) in [5.74, 6) is -0.723. The predicted octanol–water partition coefficient (Wildman–Crippen LogP) is 2.74. The lowest BCUT2D eigenvalue weighted by Crippen LogP contribution is -2.32. The first-order chi connectivity index (χ1) is 17.9. The number of hydrogen-bond acceptors (Lipinski definition) is 4. The fraction of sp³-hybridized carbons (Fsp3) is 0.214. The van der Waals surface area contributed by atoms with Crippen LogP contribution in [0, 0.1) is 12.7 Å². The molecule has 8 nitrogen and oxygen atoms in total. The highest BCUT2D eigenvalue weighted by molar-refractivity contribution is 6.06. The zero-order chi connectivity index (χ0) is 25.7. The quantitative estimate of drug-likeness (QED) is 0.444. The molecule has 186 valence electrons. The molecule has 4 heterocycles. The van der Waals surface area contributed by atoms with Gasteiger partial charge < -0.3 is 14.6 Å². The molecule has 0 saturated carbocycles. The predicted molar refractivity (Wildman–Crippen MR) is 133 cm³/mol. The Morgan fingerprint density at radius 3 is 2.78 bits per heavy atom. The van der Waals surface area contributed by atoms with Crippen LogP contribution in [0.25, 0.3) is 23.0 Å². The zero-order valence-electron chi connectivity index (χ0n) is 20.3. The molecule has 9 heteroatoms. The number of carbonyl (C=O) groups excluding carboxylic acids is 2. The molecule has 0 radical (unpaired) electrons. The number of amides is 2. The Balaban J connectivity index is 1.36. The summed E-state index contributed by atoms with van der Waals surface area (Å²) < 4.78 is 22.0. The van der Waals surface area contributed by atoms with Crippen LogP contribution in [0.4, 0.5) is 4.39 Å². The summed E-state index contributed by atoms with van der Waals surface area (Å²) in [6.45, 7) is 3.97. The van der Waals surface area contributed by atoms with Gasteiger partial charge in [-0.3, -0.25) is 9.59 Å². The summed E-state index contributed by atoms with van der Waals surface area (Å²) in [5.41, 5.74) is 4.51. The van der Waals surface area contributed by atoms with Gasteiger partial charge in [0.05, 0.1) is 11.0 Å². The largest absolute Gasteiger partial charge is 0.367 e. The van der Waals surface area contributed by atoms with Crippen molar-refractivity contribution in [1.82, 2.24) is 19.7 Å². The Labute approximate surface area is 211 Å². The van der Waals surface area contributed by atoms with Gasteiger partial charge in [0.2, 0.25) is 0 Å². The molecular weight excluding hydrogens is 473 g/mol. The Morgan fingerprint density at radius 1 is 1.14 bits per heavy atom. The van der Waals surface area contributed by atoms with E-state index in [1.807, 2.05) is 43.5 Å². The molecule has 1 fully saturated rings. The number of nitrogens with zero attached hydrogens (tertiary/aromatic N) is 4. The van der Waals surface area contributed by atoms with Gasteiger partial charge in [-0.25, -0.2) is 14.1 Å². The van der Waals surface area contributed by atoms with E-state index in [0.717, 1.165) is 21.9 Å². The zero-order valence-corrected chi connectivity index (χ0v) is 20.3. The van der Waals surface area contributed by atoms with Crippen molar-refractivity contribution in [1.29, 1.82) is 0 Å². The van der Waals surface area contributed by atoms with Crippen LogP contribution >= 0.6 is 0 Å². The first kappa shape index (κ1) is 23.1. The van der Waals surface area contributed by atoms with E-state index >= 15 is 0 Å². The minimum absolute atomic E-state index is 0.117. The Morgan fingerprint density at radius 2 is 2.00 bits per heavy atom. The lowest BCUT2D eigenvalue weighted by atomic mass is 10.1. The van der Waals surface area contributed by atoms with Crippen LogP contribution in [0.2, 0.25) is 0 Å². The number of carbonyl (C=O) groups is 2. The van der Waals surface area contributed by atoms with Gasteiger partial charge in [-0.15, -0.1) is 0 Å². The van der Waals surface area contributed by atoms with E-state index in [1.54, 1.807) is 28.9 Å². The lowest BCUT2D eigenvalue weighted by molar-refractivity contribution is -0.130. The van der Waals surface area contributed by atoms with E-state index in [0.29, 0.717) is 35.3 Å². The number of H-pyrrole nitrogens is 1. The number of aromatic nitrogens is 3. The molecule has 0 bridgehead atoms. The molecule has 2 aromatic carbocycles. The van der Waals surface area contributed by atoms with Gasteiger partial charge in [-0.1, -0.05) is 12.1 Å². The minimum atomic E-state index is -0.662. The van der Waals surface area contributed by atoms with Crippen LogP contribution in [0.5, 0.6) is 0 Å². The van der Waals surface area contributed by atoms with Gasteiger partial charge in [-0.05, 0) is 61.7 Å². The van der Waals surface area contributed by atoms with Crippen molar-refractivity contribution in [2.24, 2.45) is 4.99 Å². The van der Waals surface area contributed by atoms with Gasteiger partial charge in [0, 0.05) is 47.6 Å². The summed E-state index contributed by atoms with van der Waals surface area (Å²) in [7, 11) is 0. The standard InChI is InChI=1S/C28H24FN5O3/c1-16-9-21(29)13-22(10-16)34-15-23(26(32-34)20-5-7-30-14-20)28-33(27(36)17(2)37-28)8-6-18-3-4-19-12-25(35)31-24(19)11-18/h3-5,7,9-15,17,28,30H,6,8H2,1-2H3. The van der Waals surface area contributed by atoms with Crippen molar-refractivity contribution in [3.05, 3.63) is 94.1 Å². The molecule has 2 amide bonds. The van der Waals surface area contributed by atoms with Gasteiger partial charge >= 0.3 is 0 Å². The molecule has 4 aromatic rings. The van der Waals surface area contributed by atoms with Gasteiger partial charge in [0.25, 0.3) is 11.8 Å². The first-order valence-corrected chi connectivity index (χ1v) is 12.1. The Bertz CT molecular complexity index is 1640. The van der Waals surface area contributed by atoms with Gasteiger partial charge in [-0.2, -0.15) is 5.10 Å². The Kier molecular flexibility index (Phi) is 5.57. The molecule has 1 saturated heterocycles. The number of hydrogen-bond donors (Lipinski definition) is 1. The number of aromatic amines is 1. The van der Waals surface area contributed by atoms with Crippen LogP contribution in [-0.2, 0) is 20.7 Å². The first-order valence-electron chi connectivity index (χ1n) is 12.1. The average Bonchev–Trinajstić information content (AvgIpc) is 3.63. The highest BCUT2D eigenvalue weighted by Crippen LogP contribution is 2.37. The van der Waals surface area contributed by atoms with E-state index < -0.39 is 12.3 Å².